The van der Waals surface area contributed by atoms with Gasteiger partial charge in [0.25, 0.3) is 5.91 Å². The highest BCUT2D eigenvalue weighted by molar-refractivity contribution is 7.22. The van der Waals surface area contributed by atoms with Gasteiger partial charge in [0, 0.05) is 12.1 Å². The van der Waals surface area contributed by atoms with Gasteiger partial charge in [0.15, 0.2) is 5.13 Å². The monoisotopic (exact) mass is 411 g/mol. The van der Waals surface area contributed by atoms with Crippen molar-refractivity contribution in [2.45, 2.75) is 6.42 Å². The van der Waals surface area contributed by atoms with Crippen LogP contribution in [0.3, 0.4) is 0 Å². The summed E-state index contributed by atoms with van der Waals surface area (Å²) in [4.78, 5) is 20.9. The Morgan fingerprint density at radius 2 is 1.78 bits per heavy atom. The number of anilines is 1. The van der Waals surface area contributed by atoms with Crippen LogP contribution in [0, 0.1) is 11.6 Å². The van der Waals surface area contributed by atoms with E-state index in [1.165, 1.54) is 41.7 Å². The smallest absolute Gasteiger partial charge is 0.260 e. The van der Waals surface area contributed by atoms with E-state index < -0.39 is 11.6 Å². The maximum atomic E-state index is 14.0. The van der Waals surface area contributed by atoms with Crippen LogP contribution in [0.5, 0.6) is 0 Å². The van der Waals surface area contributed by atoms with Crippen molar-refractivity contribution in [2.24, 2.45) is 0 Å². The SMILES string of the molecule is CN(C)CCCN(C(=O)c1ccc(F)cc1)c1nc2c(F)cccc2s1.Cl. The zero-order valence-corrected chi connectivity index (χ0v) is 16.6. The molecular formula is C19H20ClF2N3OS. The molecule has 0 aliphatic rings. The number of carbonyl (C=O) groups is 1. The van der Waals surface area contributed by atoms with Gasteiger partial charge in [0.1, 0.15) is 17.2 Å². The lowest BCUT2D eigenvalue weighted by molar-refractivity contribution is 0.0986. The molecule has 0 aliphatic carbocycles. The number of amides is 1. The molecule has 3 aromatic rings. The van der Waals surface area contributed by atoms with Gasteiger partial charge in [-0.05, 0) is 63.5 Å². The van der Waals surface area contributed by atoms with Gasteiger partial charge in [0.05, 0.1) is 4.70 Å². The van der Waals surface area contributed by atoms with Crippen molar-refractivity contribution in [1.29, 1.82) is 0 Å². The molecule has 0 spiro atoms. The summed E-state index contributed by atoms with van der Waals surface area (Å²) < 4.78 is 27.8. The van der Waals surface area contributed by atoms with Crippen LogP contribution < -0.4 is 4.90 Å². The van der Waals surface area contributed by atoms with Crippen molar-refractivity contribution in [2.75, 3.05) is 32.1 Å². The lowest BCUT2D eigenvalue weighted by atomic mass is 10.2. The first-order valence-electron chi connectivity index (χ1n) is 8.23. The fraction of sp³-hybridized carbons (Fsp3) is 0.263. The second kappa shape index (κ2) is 9.21. The molecule has 1 aromatic heterocycles. The molecule has 3 rings (SSSR count). The third kappa shape index (κ3) is 5.00. The van der Waals surface area contributed by atoms with Crippen molar-refractivity contribution in [3.8, 4) is 0 Å². The molecule has 0 aliphatic heterocycles. The highest BCUT2D eigenvalue weighted by Crippen LogP contribution is 2.31. The van der Waals surface area contributed by atoms with Crippen LogP contribution in [0.2, 0.25) is 0 Å². The first-order chi connectivity index (χ1) is 12.5. The summed E-state index contributed by atoms with van der Waals surface area (Å²) in [5.41, 5.74) is 0.632. The third-order valence-corrected chi connectivity index (χ3v) is 4.96. The van der Waals surface area contributed by atoms with Gasteiger partial charge < -0.3 is 4.90 Å². The lowest BCUT2D eigenvalue weighted by Gasteiger charge is -2.21. The summed E-state index contributed by atoms with van der Waals surface area (Å²) in [6, 6.07) is 10.2. The molecule has 1 heterocycles. The molecule has 1 amide bonds. The number of halogens is 3. The second-order valence-electron chi connectivity index (χ2n) is 6.20. The molecule has 0 saturated heterocycles. The second-order valence-corrected chi connectivity index (χ2v) is 7.21. The number of benzene rings is 2. The Bertz CT molecular complexity index is 915. The van der Waals surface area contributed by atoms with E-state index in [9.17, 15) is 13.6 Å². The number of nitrogens with zero attached hydrogens (tertiary/aromatic N) is 3. The third-order valence-electron chi connectivity index (χ3n) is 3.91. The average Bonchev–Trinajstić information content (AvgIpc) is 3.04. The molecule has 8 heteroatoms. The number of rotatable bonds is 6. The summed E-state index contributed by atoms with van der Waals surface area (Å²) in [5.74, 6) is -1.08. The summed E-state index contributed by atoms with van der Waals surface area (Å²) >= 11 is 1.27. The van der Waals surface area contributed by atoms with E-state index in [1.54, 1.807) is 17.0 Å². The Balaban J connectivity index is 0.00000261. The number of aromatic nitrogens is 1. The summed E-state index contributed by atoms with van der Waals surface area (Å²) in [6.45, 7) is 1.24. The van der Waals surface area contributed by atoms with E-state index in [4.69, 9.17) is 0 Å². The number of hydrogen-bond acceptors (Lipinski definition) is 4. The summed E-state index contributed by atoms with van der Waals surface area (Å²) in [7, 11) is 3.92. The Hall–Kier alpha value is -2.09. The normalized spacial score (nSPS) is 10.9. The van der Waals surface area contributed by atoms with Gasteiger partial charge in [-0.25, -0.2) is 13.8 Å². The molecule has 0 N–H and O–H groups in total. The van der Waals surface area contributed by atoms with E-state index in [2.05, 4.69) is 4.98 Å². The van der Waals surface area contributed by atoms with Crippen LogP contribution in [0.1, 0.15) is 16.8 Å². The standard InChI is InChI=1S/C19H19F2N3OS.ClH/c1-23(2)11-4-12-24(18(25)13-7-9-14(20)10-8-13)19-22-17-15(21)5-3-6-16(17)26-19;/h3,5-10H,4,11-12H2,1-2H3;1H. The molecule has 2 aromatic carbocycles. The van der Waals surface area contributed by atoms with Crippen LogP contribution >= 0.6 is 23.7 Å². The first-order valence-corrected chi connectivity index (χ1v) is 9.04. The minimum atomic E-state index is -0.410. The number of fused-ring (bicyclic) bond motifs is 1. The molecule has 0 unspecified atom stereocenters. The number of para-hydroxylation sites is 1. The number of thiazole rings is 1. The van der Waals surface area contributed by atoms with Crippen LogP contribution in [0.25, 0.3) is 10.2 Å². The predicted octanol–water partition coefficient (Wildman–Crippen LogP) is 4.59. The highest BCUT2D eigenvalue weighted by Gasteiger charge is 2.22. The van der Waals surface area contributed by atoms with E-state index in [1.807, 2.05) is 19.0 Å². The Labute approximate surface area is 166 Å². The van der Waals surface area contributed by atoms with Crippen LogP contribution in [-0.2, 0) is 0 Å². The summed E-state index contributed by atoms with van der Waals surface area (Å²) in [5, 5.41) is 0.443. The van der Waals surface area contributed by atoms with E-state index >= 15 is 0 Å². The fourth-order valence-corrected chi connectivity index (χ4v) is 3.60. The Morgan fingerprint density at radius 1 is 1.07 bits per heavy atom. The average molecular weight is 412 g/mol. The van der Waals surface area contributed by atoms with E-state index in [0.29, 0.717) is 21.9 Å². The van der Waals surface area contributed by atoms with Crippen molar-refractivity contribution in [3.05, 3.63) is 59.7 Å². The van der Waals surface area contributed by atoms with Gasteiger partial charge in [0.2, 0.25) is 0 Å². The molecule has 0 bridgehead atoms. The zero-order valence-electron chi connectivity index (χ0n) is 15.0. The Kier molecular flexibility index (Phi) is 7.24. The first kappa shape index (κ1) is 21.2. The minimum absolute atomic E-state index is 0. The van der Waals surface area contributed by atoms with Crippen LogP contribution in [0.15, 0.2) is 42.5 Å². The van der Waals surface area contributed by atoms with Gasteiger partial charge in [-0.2, -0.15) is 0 Å². The molecule has 0 fully saturated rings. The fourth-order valence-electron chi connectivity index (χ4n) is 2.60. The lowest BCUT2D eigenvalue weighted by Crippen LogP contribution is -2.33. The van der Waals surface area contributed by atoms with Crippen molar-refractivity contribution in [1.82, 2.24) is 9.88 Å². The topological polar surface area (TPSA) is 36.4 Å². The molecule has 4 nitrogen and oxygen atoms in total. The van der Waals surface area contributed by atoms with Gasteiger partial charge in [-0.15, -0.1) is 12.4 Å². The van der Waals surface area contributed by atoms with E-state index in [0.717, 1.165) is 13.0 Å². The van der Waals surface area contributed by atoms with Crippen LogP contribution in [-0.4, -0.2) is 43.0 Å². The van der Waals surface area contributed by atoms with Crippen molar-refractivity contribution in [3.63, 3.8) is 0 Å². The number of hydrogen-bond donors (Lipinski definition) is 0. The zero-order chi connectivity index (χ0) is 18.7. The van der Waals surface area contributed by atoms with E-state index in [-0.39, 0.29) is 23.8 Å². The molecule has 27 heavy (non-hydrogen) atoms. The van der Waals surface area contributed by atoms with Crippen LogP contribution in [0.4, 0.5) is 13.9 Å². The summed E-state index contributed by atoms with van der Waals surface area (Å²) in [6.07, 6.45) is 0.734. The Morgan fingerprint density at radius 3 is 2.41 bits per heavy atom. The maximum absolute atomic E-state index is 14.0. The molecule has 144 valence electrons. The minimum Gasteiger partial charge on any atom is -0.309 e. The predicted molar refractivity (Wildman–Crippen MR) is 108 cm³/mol. The largest absolute Gasteiger partial charge is 0.309 e. The highest BCUT2D eigenvalue weighted by atomic mass is 35.5. The molecular weight excluding hydrogens is 392 g/mol. The van der Waals surface area contributed by atoms with Gasteiger partial charge >= 0.3 is 0 Å². The molecule has 0 atom stereocenters. The number of carbonyl (C=O) groups excluding carboxylic acids is 1. The quantitative estimate of drug-likeness (QED) is 0.595. The van der Waals surface area contributed by atoms with Gasteiger partial charge in [-0.3, -0.25) is 9.69 Å². The van der Waals surface area contributed by atoms with Crippen molar-refractivity contribution >= 4 is 45.0 Å². The maximum Gasteiger partial charge on any atom is 0.260 e. The molecule has 0 saturated carbocycles. The van der Waals surface area contributed by atoms with Gasteiger partial charge in [-0.1, -0.05) is 17.4 Å². The van der Waals surface area contributed by atoms with Crippen molar-refractivity contribution < 1.29 is 13.6 Å². The molecule has 0 radical (unpaired) electrons.